The zero-order valence-electron chi connectivity index (χ0n) is 17.4. The molecule has 3 saturated carbocycles. The largest absolute Gasteiger partial charge is 0.459 e. The van der Waals surface area contributed by atoms with E-state index in [9.17, 15) is 19.8 Å². The third-order valence-corrected chi connectivity index (χ3v) is 8.32. The SMILES string of the molecule is CC(=O)O[C@H]1[C@H](O)[C@H]2[C@@H](C)C3=CC(=O)O[C@]3(O)C[C@@H]2[C@@]2(C)CCCC(C)(C)[C@H]12. The summed E-state index contributed by atoms with van der Waals surface area (Å²) in [7, 11) is 0. The second kappa shape index (κ2) is 6.05. The van der Waals surface area contributed by atoms with E-state index in [-0.39, 0.29) is 46.9 Å². The molecule has 0 radical (unpaired) electrons. The van der Waals surface area contributed by atoms with Crippen molar-refractivity contribution in [2.45, 2.75) is 78.3 Å². The Balaban J connectivity index is 1.84. The van der Waals surface area contributed by atoms with E-state index in [1.165, 1.54) is 13.0 Å². The van der Waals surface area contributed by atoms with Gasteiger partial charge in [-0.15, -0.1) is 0 Å². The summed E-state index contributed by atoms with van der Waals surface area (Å²) in [6.07, 6.45) is 3.19. The normalized spacial score (nSPS) is 49.2. The molecule has 2 N–H and O–H groups in total. The molecule has 0 bridgehead atoms. The Morgan fingerprint density at radius 2 is 1.96 bits per heavy atom. The van der Waals surface area contributed by atoms with Gasteiger partial charge in [0.15, 0.2) is 0 Å². The van der Waals surface area contributed by atoms with Gasteiger partial charge in [-0.3, -0.25) is 4.79 Å². The Morgan fingerprint density at radius 3 is 2.61 bits per heavy atom. The van der Waals surface area contributed by atoms with E-state index >= 15 is 0 Å². The fraction of sp³-hybridized carbons (Fsp3) is 0.818. The van der Waals surface area contributed by atoms with Gasteiger partial charge in [0.2, 0.25) is 5.79 Å². The summed E-state index contributed by atoms with van der Waals surface area (Å²) in [5.74, 6) is -3.02. The number of carbonyl (C=O) groups excluding carboxylic acids is 2. The molecule has 8 atom stereocenters. The van der Waals surface area contributed by atoms with Crippen LogP contribution in [0.4, 0.5) is 0 Å². The summed E-state index contributed by atoms with van der Waals surface area (Å²) in [5, 5.41) is 22.6. The maximum atomic E-state index is 11.9. The lowest BCUT2D eigenvalue weighted by atomic mass is 9.41. The average molecular weight is 392 g/mol. The van der Waals surface area contributed by atoms with Crippen LogP contribution >= 0.6 is 0 Å². The standard InChI is InChI=1S/C22H32O6/c1-11-13-9-15(24)28-22(13,26)10-14-16(11)17(25)18(27-12(2)23)19-20(3,4)7-6-8-21(14,19)5/h9,11,14,16-19,25-26H,6-8,10H2,1-5H3/t11-,14-,16-,17+,18-,19-,21+,22+/m0/s1. The molecule has 0 aromatic carbocycles. The summed E-state index contributed by atoms with van der Waals surface area (Å²) >= 11 is 0. The summed E-state index contributed by atoms with van der Waals surface area (Å²) in [6, 6.07) is 0. The Labute approximate surface area is 166 Å². The molecule has 3 aliphatic carbocycles. The smallest absolute Gasteiger partial charge is 0.333 e. The predicted octanol–water partition coefficient (Wildman–Crippen LogP) is 2.57. The van der Waals surface area contributed by atoms with Crippen LogP contribution in [0.1, 0.15) is 60.3 Å². The van der Waals surface area contributed by atoms with Crippen molar-refractivity contribution in [3.63, 3.8) is 0 Å². The predicted molar refractivity (Wildman–Crippen MR) is 101 cm³/mol. The van der Waals surface area contributed by atoms with Gasteiger partial charge in [-0.05, 0) is 41.4 Å². The number of hydrogen-bond donors (Lipinski definition) is 2. The molecule has 1 aliphatic heterocycles. The molecule has 0 aromatic rings. The molecular weight excluding hydrogens is 360 g/mol. The van der Waals surface area contributed by atoms with Gasteiger partial charge >= 0.3 is 11.9 Å². The number of rotatable bonds is 1. The number of aliphatic hydroxyl groups is 2. The summed E-state index contributed by atoms with van der Waals surface area (Å²) in [4.78, 5) is 23.8. The van der Waals surface area contributed by atoms with E-state index in [1.807, 2.05) is 6.92 Å². The molecule has 1 heterocycles. The van der Waals surface area contributed by atoms with Crippen molar-refractivity contribution in [2.75, 3.05) is 0 Å². The lowest BCUT2D eigenvalue weighted by Crippen LogP contribution is -2.67. The fourth-order valence-corrected chi connectivity index (χ4v) is 7.45. The van der Waals surface area contributed by atoms with E-state index in [0.29, 0.717) is 5.57 Å². The molecule has 0 unspecified atom stereocenters. The zero-order valence-corrected chi connectivity index (χ0v) is 17.4. The van der Waals surface area contributed by atoms with Crippen LogP contribution in [0.2, 0.25) is 0 Å². The molecule has 6 nitrogen and oxygen atoms in total. The molecule has 0 spiro atoms. The summed E-state index contributed by atoms with van der Waals surface area (Å²) < 4.78 is 11.1. The summed E-state index contributed by atoms with van der Waals surface area (Å²) in [6.45, 7) is 9.89. The van der Waals surface area contributed by atoms with Crippen molar-refractivity contribution >= 4 is 11.9 Å². The molecular formula is C22H32O6. The maximum Gasteiger partial charge on any atom is 0.333 e. The van der Waals surface area contributed by atoms with E-state index in [2.05, 4.69) is 20.8 Å². The molecule has 156 valence electrons. The maximum absolute atomic E-state index is 11.9. The quantitative estimate of drug-likeness (QED) is 0.666. The number of hydrogen-bond acceptors (Lipinski definition) is 6. The van der Waals surface area contributed by atoms with E-state index in [4.69, 9.17) is 9.47 Å². The van der Waals surface area contributed by atoms with Gasteiger partial charge in [-0.2, -0.15) is 0 Å². The van der Waals surface area contributed by atoms with Crippen LogP contribution in [-0.2, 0) is 19.1 Å². The molecule has 0 saturated heterocycles. The Bertz CT molecular complexity index is 741. The van der Waals surface area contributed by atoms with Crippen LogP contribution in [0, 0.1) is 34.5 Å². The lowest BCUT2D eigenvalue weighted by Gasteiger charge is -2.65. The van der Waals surface area contributed by atoms with Crippen molar-refractivity contribution in [3.8, 4) is 0 Å². The van der Waals surface area contributed by atoms with Crippen molar-refractivity contribution in [2.24, 2.45) is 34.5 Å². The van der Waals surface area contributed by atoms with Crippen LogP contribution < -0.4 is 0 Å². The van der Waals surface area contributed by atoms with Gasteiger partial charge in [-0.1, -0.05) is 34.1 Å². The van der Waals surface area contributed by atoms with Gasteiger partial charge in [-0.25, -0.2) is 4.79 Å². The van der Waals surface area contributed by atoms with Gasteiger partial charge in [0.1, 0.15) is 6.10 Å². The minimum absolute atomic E-state index is 0.0349. The Hall–Kier alpha value is -1.40. The van der Waals surface area contributed by atoms with Gasteiger partial charge in [0.05, 0.1) is 6.10 Å². The van der Waals surface area contributed by atoms with Crippen LogP contribution in [-0.4, -0.2) is 40.1 Å². The fourth-order valence-electron chi connectivity index (χ4n) is 7.45. The van der Waals surface area contributed by atoms with Crippen LogP contribution in [0.25, 0.3) is 0 Å². The second-order valence-corrected chi connectivity index (χ2v) is 10.4. The minimum atomic E-state index is -1.58. The Kier molecular flexibility index (Phi) is 4.30. The highest BCUT2D eigenvalue weighted by atomic mass is 16.7. The highest BCUT2D eigenvalue weighted by Gasteiger charge is 2.68. The van der Waals surface area contributed by atoms with Crippen molar-refractivity contribution in [3.05, 3.63) is 11.6 Å². The number of carbonyl (C=O) groups is 2. The molecule has 4 rings (SSSR count). The number of esters is 2. The van der Waals surface area contributed by atoms with E-state index < -0.39 is 24.0 Å². The average Bonchev–Trinajstić information content (AvgIpc) is 2.85. The third-order valence-electron chi connectivity index (χ3n) is 8.32. The van der Waals surface area contributed by atoms with Gasteiger partial charge < -0.3 is 19.7 Å². The molecule has 4 aliphatic rings. The summed E-state index contributed by atoms with van der Waals surface area (Å²) in [5.41, 5.74) is 0.181. The first-order valence-electron chi connectivity index (χ1n) is 10.4. The first kappa shape index (κ1) is 19.9. The van der Waals surface area contributed by atoms with Crippen molar-refractivity contribution < 1.29 is 29.3 Å². The molecule has 6 heteroatoms. The monoisotopic (exact) mass is 392 g/mol. The highest BCUT2D eigenvalue weighted by Crippen LogP contribution is 2.67. The highest BCUT2D eigenvalue weighted by molar-refractivity contribution is 5.86. The molecule has 0 amide bonds. The van der Waals surface area contributed by atoms with Crippen molar-refractivity contribution in [1.82, 2.24) is 0 Å². The van der Waals surface area contributed by atoms with E-state index in [0.717, 1.165) is 19.3 Å². The van der Waals surface area contributed by atoms with Gasteiger partial charge in [0, 0.05) is 30.9 Å². The first-order chi connectivity index (χ1) is 12.9. The third kappa shape index (κ3) is 2.60. The van der Waals surface area contributed by atoms with Gasteiger partial charge in [0.25, 0.3) is 0 Å². The Morgan fingerprint density at radius 1 is 1.29 bits per heavy atom. The molecule has 28 heavy (non-hydrogen) atoms. The zero-order chi connectivity index (χ0) is 20.6. The number of fused-ring (bicyclic) bond motifs is 4. The minimum Gasteiger partial charge on any atom is -0.459 e. The van der Waals surface area contributed by atoms with Crippen molar-refractivity contribution in [1.29, 1.82) is 0 Å². The molecule has 3 fully saturated rings. The number of ether oxygens (including phenoxy) is 2. The topological polar surface area (TPSA) is 93.1 Å². The van der Waals surface area contributed by atoms with Crippen LogP contribution in [0.3, 0.4) is 0 Å². The van der Waals surface area contributed by atoms with Crippen LogP contribution in [0.15, 0.2) is 11.6 Å². The lowest BCUT2D eigenvalue weighted by molar-refractivity contribution is -0.265. The van der Waals surface area contributed by atoms with E-state index in [1.54, 1.807) is 0 Å². The number of aliphatic hydroxyl groups excluding tert-OH is 1. The molecule has 0 aromatic heterocycles. The first-order valence-corrected chi connectivity index (χ1v) is 10.4. The van der Waals surface area contributed by atoms with Crippen LogP contribution in [0.5, 0.6) is 0 Å². The second-order valence-electron chi connectivity index (χ2n) is 10.4.